The van der Waals surface area contributed by atoms with Gasteiger partial charge in [0, 0.05) is 18.1 Å². The summed E-state index contributed by atoms with van der Waals surface area (Å²) in [5, 5.41) is 13.1. The molecule has 98 valence electrons. The Morgan fingerprint density at radius 3 is 3.11 bits per heavy atom. The number of aromatic nitrogens is 1. The molecule has 0 fully saturated rings. The Morgan fingerprint density at radius 1 is 1.58 bits per heavy atom. The van der Waals surface area contributed by atoms with E-state index in [1.54, 1.807) is 12.1 Å². The Balaban J connectivity index is 2.33. The lowest BCUT2D eigenvalue weighted by Gasteiger charge is -2.09. The minimum Gasteiger partial charge on any atom is -0.619 e. The zero-order valence-corrected chi connectivity index (χ0v) is 10.7. The summed E-state index contributed by atoms with van der Waals surface area (Å²) in [5.41, 5.74) is 1.31. The number of rotatable bonds is 1. The van der Waals surface area contributed by atoms with E-state index in [0.29, 0.717) is 17.7 Å². The Morgan fingerprint density at radius 2 is 2.37 bits per heavy atom. The average Bonchev–Trinajstić information content (AvgIpc) is 2.79. The quantitative estimate of drug-likeness (QED) is 0.443. The first-order valence-electron chi connectivity index (χ1n) is 6.03. The Bertz CT molecular complexity index is 681. The van der Waals surface area contributed by atoms with Gasteiger partial charge in [-0.05, 0) is 18.4 Å². The molecule has 2 heterocycles. The summed E-state index contributed by atoms with van der Waals surface area (Å²) in [5.74, 6) is 0.115. The highest BCUT2D eigenvalue weighted by Crippen LogP contribution is 2.38. The standard InChI is InChI=1S/C14H13NO4/c1-8-5-10-12-7-15(17)4-3-9(12)6-11(13(10)19-8)14(16)18-2/h3-4,6-8H,5H2,1-2H3. The molecule has 1 aliphatic heterocycles. The number of nitrogens with zero attached hydrogens (tertiary/aromatic N) is 1. The van der Waals surface area contributed by atoms with Crippen LogP contribution in [0.3, 0.4) is 0 Å². The molecule has 0 radical (unpaired) electrons. The minimum absolute atomic E-state index is 0.00989. The molecule has 5 heteroatoms. The third-order valence-corrected chi connectivity index (χ3v) is 3.33. The molecule has 1 aliphatic rings. The molecule has 5 nitrogen and oxygen atoms in total. The number of carbonyl (C=O) groups excluding carboxylic acids is 1. The summed E-state index contributed by atoms with van der Waals surface area (Å²) in [6.07, 6.45) is 3.59. The van der Waals surface area contributed by atoms with Crippen molar-refractivity contribution in [2.24, 2.45) is 0 Å². The van der Waals surface area contributed by atoms with Crippen LogP contribution in [0.25, 0.3) is 10.8 Å². The molecule has 19 heavy (non-hydrogen) atoms. The summed E-state index contributed by atoms with van der Waals surface area (Å²) in [6, 6.07) is 3.40. The summed E-state index contributed by atoms with van der Waals surface area (Å²) in [6.45, 7) is 1.93. The maximum Gasteiger partial charge on any atom is 0.341 e. The van der Waals surface area contributed by atoms with E-state index < -0.39 is 5.97 Å². The summed E-state index contributed by atoms with van der Waals surface area (Å²) in [4.78, 5) is 11.8. The Hall–Kier alpha value is -2.30. The highest BCUT2D eigenvalue weighted by Gasteiger charge is 2.28. The van der Waals surface area contributed by atoms with Crippen LogP contribution in [-0.4, -0.2) is 19.2 Å². The zero-order valence-electron chi connectivity index (χ0n) is 10.7. The molecular weight excluding hydrogens is 246 g/mol. The first-order chi connectivity index (χ1) is 9.10. The van der Waals surface area contributed by atoms with Gasteiger partial charge >= 0.3 is 5.97 Å². The van der Waals surface area contributed by atoms with Crippen LogP contribution in [0.5, 0.6) is 5.75 Å². The van der Waals surface area contributed by atoms with Crippen molar-refractivity contribution in [1.82, 2.24) is 0 Å². The van der Waals surface area contributed by atoms with Crippen LogP contribution in [-0.2, 0) is 11.2 Å². The third kappa shape index (κ3) is 1.78. The SMILES string of the molecule is COC(=O)c1cc2cc[n+]([O-])cc2c2c1OC(C)C2. The predicted octanol–water partition coefficient (Wildman–Crippen LogP) is 1.58. The molecule has 3 rings (SSSR count). The highest BCUT2D eigenvalue weighted by molar-refractivity contribution is 6.00. The Labute approximate surface area is 109 Å². The van der Waals surface area contributed by atoms with Crippen molar-refractivity contribution in [2.75, 3.05) is 7.11 Å². The van der Waals surface area contributed by atoms with E-state index in [2.05, 4.69) is 0 Å². The molecule has 0 N–H and O–H groups in total. The molecule has 1 aromatic heterocycles. The van der Waals surface area contributed by atoms with Crippen LogP contribution in [0, 0.1) is 5.21 Å². The smallest absolute Gasteiger partial charge is 0.341 e. The predicted molar refractivity (Wildman–Crippen MR) is 68.0 cm³/mol. The van der Waals surface area contributed by atoms with Crippen LogP contribution in [0.15, 0.2) is 24.5 Å². The molecule has 1 unspecified atom stereocenters. The number of ether oxygens (including phenoxy) is 2. The van der Waals surface area contributed by atoms with Gasteiger partial charge in [0.2, 0.25) is 0 Å². The van der Waals surface area contributed by atoms with E-state index in [0.717, 1.165) is 21.1 Å². The summed E-state index contributed by atoms with van der Waals surface area (Å²) in [7, 11) is 1.34. The zero-order chi connectivity index (χ0) is 13.6. The maximum absolute atomic E-state index is 11.8. The minimum atomic E-state index is -0.425. The molecule has 0 spiro atoms. The average molecular weight is 259 g/mol. The van der Waals surface area contributed by atoms with Crippen LogP contribution in [0.1, 0.15) is 22.8 Å². The molecule has 0 aliphatic carbocycles. The highest BCUT2D eigenvalue weighted by atomic mass is 16.5. The molecule has 0 amide bonds. The van der Waals surface area contributed by atoms with E-state index in [9.17, 15) is 10.0 Å². The fraction of sp³-hybridized carbons (Fsp3) is 0.286. The summed E-state index contributed by atoms with van der Waals surface area (Å²) < 4.78 is 11.2. The van der Waals surface area contributed by atoms with Gasteiger partial charge in [0.25, 0.3) is 0 Å². The molecule has 1 aromatic carbocycles. The van der Waals surface area contributed by atoms with Gasteiger partial charge in [0.05, 0.1) is 12.5 Å². The number of pyridine rings is 1. The van der Waals surface area contributed by atoms with Crippen molar-refractivity contribution in [3.8, 4) is 5.75 Å². The molecular formula is C14H13NO4. The molecule has 0 saturated carbocycles. The number of carbonyl (C=O) groups is 1. The number of hydrogen-bond acceptors (Lipinski definition) is 4. The van der Waals surface area contributed by atoms with E-state index >= 15 is 0 Å². The molecule has 0 bridgehead atoms. The fourth-order valence-corrected chi connectivity index (χ4v) is 2.50. The molecule has 1 atom stereocenters. The lowest BCUT2D eigenvalue weighted by molar-refractivity contribution is -0.603. The van der Waals surface area contributed by atoms with Gasteiger partial charge in [0.15, 0.2) is 12.4 Å². The van der Waals surface area contributed by atoms with Crippen molar-refractivity contribution < 1.29 is 19.0 Å². The van der Waals surface area contributed by atoms with Gasteiger partial charge < -0.3 is 14.7 Å². The topological polar surface area (TPSA) is 62.5 Å². The Kier molecular flexibility index (Phi) is 2.55. The van der Waals surface area contributed by atoms with E-state index in [1.165, 1.54) is 19.5 Å². The van der Waals surface area contributed by atoms with Crippen molar-refractivity contribution in [2.45, 2.75) is 19.4 Å². The van der Waals surface area contributed by atoms with Crippen LogP contribution >= 0.6 is 0 Å². The number of benzene rings is 1. The number of esters is 1. The normalized spacial score (nSPS) is 17.1. The van der Waals surface area contributed by atoms with Crippen molar-refractivity contribution >= 4 is 16.7 Å². The van der Waals surface area contributed by atoms with E-state index in [4.69, 9.17) is 9.47 Å². The van der Waals surface area contributed by atoms with Crippen molar-refractivity contribution in [3.05, 3.63) is 40.9 Å². The number of fused-ring (bicyclic) bond motifs is 3. The van der Waals surface area contributed by atoms with E-state index in [1.807, 2.05) is 6.92 Å². The van der Waals surface area contributed by atoms with Gasteiger partial charge in [-0.25, -0.2) is 4.79 Å². The largest absolute Gasteiger partial charge is 0.619 e. The van der Waals surface area contributed by atoms with Gasteiger partial charge in [-0.3, -0.25) is 0 Å². The summed E-state index contributed by atoms with van der Waals surface area (Å²) >= 11 is 0. The second-order valence-corrected chi connectivity index (χ2v) is 4.66. The monoisotopic (exact) mass is 259 g/mol. The second kappa shape index (κ2) is 4.12. The fourth-order valence-electron chi connectivity index (χ4n) is 2.50. The third-order valence-electron chi connectivity index (χ3n) is 3.33. The van der Waals surface area contributed by atoms with Gasteiger partial charge in [-0.1, -0.05) is 0 Å². The van der Waals surface area contributed by atoms with Crippen molar-refractivity contribution in [3.63, 3.8) is 0 Å². The lowest BCUT2D eigenvalue weighted by atomic mass is 9.99. The maximum atomic E-state index is 11.8. The molecule has 2 aromatic rings. The van der Waals surface area contributed by atoms with Gasteiger partial charge in [0.1, 0.15) is 17.4 Å². The lowest BCUT2D eigenvalue weighted by Crippen LogP contribution is -2.24. The molecule has 0 saturated heterocycles. The van der Waals surface area contributed by atoms with Crippen LogP contribution in [0.4, 0.5) is 0 Å². The van der Waals surface area contributed by atoms with Gasteiger partial charge in [-0.15, -0.1) is 0 Å². The first kappa shape index (κ1) is 11.8. The number of methoxy groups -OCH3 is 1. The van der Waals surface area contributed by atoms with Gasteiger partial charge in [-0.2, -0.15) is 4.73 Å². The van der Waals surface area contributed by atoms with E-state index in [-0.39, 0.29) is 6.10 Å². The van der Waals surface area contributed by atoms with Crippen molar-refractivity contribution in [1.29, 1.82) is 0 Å². The number of hydrogen-bond donors (Lipinski definition) is 0. The second-order valence-electron chi connectivity index (χ2n) is 4.66. The van der Waals surface area contributed by atoms with Crippen LogP contribution < -0.4 is 9.47 Å². The van der Waals surface area contributed by atoms with Crippen LogP contribution in [0.2, 0.25) is 0 Å². The first-order valence-corrected chi connectivity index (χ1v) is 6.03.